The molecule has 55 heavy (non-hydrogen) atoms. The van der Waals surface area contributed by atoms with Gasteiger partial charge in [-0.1, -0.05) is 36.4 Å². The molecule has 7 heteroatoms. The van der Waals surface area contributed by atoms with E-state index in [0.717, 1.165) is 73.9 Å². The van der Waals surface area contributed by atoms with E-state index in [1.807, 2.05) is 30.6 Å². The van der Waals surface area contributed by atoms with Crippen LogP contribution in [0.15, 0.2) is 122 Å². The average Bonchev–Trinajstić information content (AvgIpc) is 3.72. The molecule has 2 aliphatic heterocycles. The Morgan fingerprint density at radius 2 is 1.45 bits per heavy atom. The third-order valence-corrected chi connectivity index (χ3v) is 12.3. The Bertz CT molecular complexity index is 3030. The number of aromatic nitrogens is 5. The van der Waals surface area contributed by atoms with Crippen molar-refractivity contribution in [1.82, 2.24) is 23.5 Å². The molecule has 0 N–H and O–H groups in total. The van der Waals surface area contributed by atoms with E-state index in [4.69, 9.17) is 9.72 Å². The van der Waals surface area contributed by atoms with Gasteiger partial charge in [0.05, 0.1) is 0 Å². The van der Waals surface area contributed by atoms with Gasteiger partial charge in [-0.15, -0.1) is 0 Å². The molecule has 4 bridgehead atoms. The molecule has 0 atom stereocenters. The molecule has 5 aromatic heterocycles. The summed E-state index contributed by atoms with van der Waals surface area (Å²) in [7, 11) is 0. The fraction of sp³-hybridized carbons (Fsp3) is 0.146. The molecular weight excluding hydrogens is 858 g/mol. The number of hydrogen-bond donors (Lipinski definition) is 0. The fourth-order valence-electron chi connectivity index (χ4n) is 8.19. The zero-order valence-electron chi connectivity index (χ0n) is 30.8. The number of pyridine rings is 3. The van der Waals surface area contributed by atoms with Crippen molar-refractivity contribution in [3.8, 4) is 34.1 Å². The van der Waals surface area contributed by atoms with E-state index in [-0.39, 0.29) is 0 Å². The van der Waals surface area contributed by atoms with Gasteiger partial charge in [0.25, 0.3) is 0 Å². The first-order chi connectivity index (χ1) is 26.9. The molecule has 0 unspecified atom stereocenters. The maximum absolute atomic E-state index is 6.53. The molecule has 9 aromatic rings. The Hall–Kier alpha value is -5.84. The molecule has 0 fully saturated rings. The van der Waals surface area contributed by atoms with Gasteiger partial charge in [0, 0.05) is 6.20 Å². The second-order valence-corrected chi connectivity index (χ2v) is 15.6. The van der Waals surface area contributed by atoms with Crippen LogP contribution in [-0.2, 0) is 45.0 Å². The molecule has 0 spiro atoms. The number of imidazole rings is 1. The van der Waals surface area contributed by atoms with Crippen molar-refractivity contribution >= 4 is 27.3 Å². The van der Waals surface area contributed by atoms with Crippen molar-refractivity contribution in [2.75, 3.05) is 0 Å². The second kappa shape index (κ2) is 13.5. The Morgan fingerprint density at radius 3 is 2.27 bits per heavy atom. The number of rotatable bonds is 5. The summed E-state index contributed by atoms with van der Waals surface area (Å²) in [5, 5.41) is 2.21. The van der Waals surface area contributed by atoms with Gasteiger partial charge in [-0.05, 0) is 29.7 Å². The van der Waals surface area contributed by atoms with Crippen LogP contribution < -0.4 is 4.74 Å². The normalized spacial score (nSPS) is 12.8. The number of hydrogen-bond acceptors (Lipinski definition) is 3. The number of nitrogens with zero attached hydrogens (tertiary/aromatic N) is 5. The Kier molecular flexibility index (Phi) is 8.26. The van der Waals surface area contributed by atoms with Crippen LogP contribution in [0.4, 0.5) is 0 Å². The molecule has 0 radical (unpaired) electrons. The zero-order valence-corrected chi connectivity index (χ0v) is 33.1. The minimum absolute atomic E-state index is 0.522. The molecule has 4 aromatic carbocycles. The van der Waals surface area contributed by atoms with Crippen LogP contribution in [0.1, 0.15) is 39.1 Å². The van der Waals surface area contributed by atoms with E-state index >= 15 is 0 Å². The van der Waals surface area contributed by atoms with Crippen LogP contribution in [0, 0.1) is 36.7 Å². The van der Waals surface area contributed by atoms with Gasteiger partial charge in [0.1, 0.15) is 0 Å². The zero-order chi connectivity index (χ0) is 37.2. The van der Waals surface area contributed by atoms with Gasteiger partial charge < -0.3 is 0 Å². The van der Waals surface area contributed by atoms with Crippen molar-refractivity contribution < 1.29 is 24.1 Å². The van der Waals surface area contributed by atoms with Crippen LogP contribution in [0.2, 0.25) is 0 Å². The number of fused-ring (bicyclic) bond motifs is 3. The van der Waals surface area contributed by atoms with Crippen molar-refractivity contribution in [2.24, 2.45) is 0 Å². The van der Waals surface area contributed by atoms with E-state index < -0.39 is 0 Å². The maximum atomic E-state index is 6.53. The van der Waals surface area contributed by atoms with E-state index in [1.54, 1.807) is 6.20 Å². The minimum atomic E-state index is 0.522. The number of ether oxygens (including phenoxy) is 1. The third kappa shape index (κ3) is 5.87. The van der Waals surface area contributed by atoms with Crippen molar-refractivity contribution in [3.63, 3.8) is 0 Å². The first-order valence-corrected chi connectivity index (χ1v) is 19.9. The molecule has 6 nitrogen and oxygen atoms in total. The molecule has 4 aliphatic rings. The van der Waals surface area contributed by atoms with E-state index in [9.17, 15) is 0 Å². The SMILES string of the molecule is Cc1ccnc(-n2c3[c-]c(Oc4[c-]c(-n5cc6c7ccc(n6[c]5=[Pt])CCc5ccc(c(C)c5C)CC7)cnc4)ccc3c3cc(-c4ccccc4)ccc32)c1. The molecule has 13 rings (SSSR count). The van der Waals surface area contributed by atoms with Gasteiger partial charge >= 0.3 is 260 Å². The Balaban J connectivity index is 1.04. The standard InChI is InChI=1S/C48H37N5O.Pt/c1-31-21-22-50-48(23-31)53-45-20-15-38(36-7-5-4-6-8-36)24-44(45)43-19-18-41(26-46(43)53)54-42-25-40(27-49-28-42)51-29-47-37-12-11-34-9-10-35(33(3)32(34)2)13-16-39(17-14-37)52(47)30-51;/h4-10,14-15,17-24,27-29H,11-13,16H2,1-3H3;/q-2;. The molecule has 2 aliphatic carbocycles. The topological polar surface area (TPSA) is 49.3 Å². The van der Waals surface area contributed by atoms with Gasteiger partial charge in [0.15, 0.2) is 0 Å². The van der Waals surface area contributed by atoms with Gasteiger partial charge in [-0.3, -0.25) is 0 Å². The van der Waals surface area contributed by atoms with E-state index in [2.05, 4.69) is 156 Å². The molecular formula is C48H37N5OPt-2. The second-order valence-electron chi connectivity index (χ2n) is 14.5. The monoisotopic (exact) mass is 894 g/mol. The average molecular weight is 895 g/mol. The summed E-state index contributed by atoms with van der Waals surface area (Å²) in [6, 6.07) is 41.8. The fourth-order valence-corrected chi connectivity index (χ4v) is 9.21. The summed E-state index contributed by atoms with van der Waals surface area (Å²) in [6.07, 6.45) is 11.6. The molecule has 0 saturated heterocycles. The van der Waals surface area contributed by atoms with Crippen LogP contribution >= 0.6 is 0 Å². The van der Waals surface area contributed by atoms with Crippen LogP contribution in [0.5, 0.6) is 11.5 Å². The number of benzene rings is 4. The van der Waals surface area contributed by atoms with Gasteiger partial charge in [-0.25, -0.2) is 0 Å². The van der Waals surface area contributed by atoms with Crippen LogP contribution in [0.3, 0.4) is 0 Å². The molecule has 272 valence electrons. The predicted molar refractivity (Wildman–Crippen MR) is 215 cm³/mol. The summed E-state index contributed by atoms with van der Waals surface area (Å²) in [6.45, 7) is 6.65. The first-order valence-electron chi connectivity index (χ1n) is 18.7. The molecule has 0 saturated carbocycles. The summed E-state index contributed by atoms with van der Waals surface area (Å²) in [4.78, 5) is 9.42. The Labute approximate surface area is 330 Å². The first kappa shape index (κ1) is 33.7. The summed E-state index contributed by atoms with van der Waals surface area (Å²) < 4.78 is 14.4. The summed E-state index contributed by atoms with van der Waals surface area (Å²) in [5.74, 6) is 1.94. The third-order valence-electron chi connectivity index (χ3n) is 11.3. The Morgan fingerprint density at radius 1 is 0.673 bits per heavy atom. The molecule has 7 heterocycles. The van der Waals surface area contributed by atoms with Gasteiger partial charge in [-0.2, -0.15) is 0 Å². The molecule has 0 amide bonds. The predicted octanol–water partition coefficient (Wildman–Crippen LogP) is 10.6. The van der Waals surface area contributed by atoms with Crippen LogP contribution in [0.25, 0.3) is 50.0 Å². The van der Waals surface area contributed by atoms with Crippen LogP contribution in [-0.4, -0.2) is 23.5 Å². The summed E-state index contributed by atoms with van der Waals surface area (Å²) >= 11 is 2.45. The van der Waals surface area contributed by atoms with E-state index in [1.165, 1.54) is 44.6 Å². The quantitative estimate of drug-likeness (QED) is 0.162. The van der Waals surface area contributed by atoms with E-state index in [0.29, 0.717) is 11.5 Å². The van der Waals surface area contributed by atoms with Crippen molar-refractivity contribution in [3.05, 3.63) is 177 Å². The number of aryl methyl sites for hydroxylation is 5. The van der Waals surface area contributed by atoms with Crippen molar-refractivity contribution in [2.45, 2.75) is 46.5 Å². The summed E-state index contributed by atoms with van der Waals surface area (Å²) in [5.41, 5.74) is 15.8. The van der Waals surface area contributed by atoms with Gasteiger partial charge in [0.2, 0.25) is 0 Å². The van der Waals surface area contributed by atoms with Crippen molar-refractivity contribution in [1.29, 1.82) is 0 Å².